The molecule has 0 amide bonds. The topological polar surface area (TPSA) is 65.4 Å². The summed E-state index contributed by atoms with van der Waals surface area (Å²) in [7, 11) is 0. The zero-order valence-corrected chi connectivity index (χ0v) is 12.7. The van der Waals surface area contributed by atoms with Gasteiger partial charge in [0.25, 0.3) is 0 Å². The summed E-state index contributed by atoms with van der Waals surface area (Å²) in [6, 6.07) is 12.2. The van der Waals surface area contributed by atoms with Crippen molar-refractivity contribution in [2.24, 2.45) is 0 Å². The van der Waals surface area contributed by atoms with Crippen LogP contribution in [0.5, 0.6) is 0 Å². The first kappa shape index (κ1) is 16.5. The Morgan fingerprint density at radius 1 is 1.08 bits per heavy atom. The second-order valence-electron chi connectivity index (χ2n) is 5.23. The van der Waals surface area contributed by atoms with Crippen molar-refractivity contribution < 1.29 is 13.2 Å². The average Bonchev–Trinajstić information content (AvgIpc) is 3.14. The first-order valence-electron chi connectivity index (χ1n) is 7.23. The van der Waals surface area contributed by atoms with Gasteiger partial charge in [-0.15, -0.1) is 0 Å². The summed E-state index contributed by atoms with van der Waals surface area (Å²) in [4.78, 5) is 0. The average molecular weight is 340 g/mol. The van der Waals surface area contributed by atoms with Crippen LogP contribution in [0.1, 0.15) is 22.3 Å². The number of halogens is 3. The van der Waals surface area contributed by atoms with Crippen LogP contribution in [0.3, 0.4) is 0 Å². The minimum absolute atomic E-state index is 0.394. The molecule has 0 aliphatic heterocycles. The van der Waals surface area contributed by atoms with E-state index in [4.69, 9.17) is 0 Å². The van der Waals surface area contributed by atoms with Crippen molar-refractivity contribution in [3.8, 4) is 17.3 Å². The van der Waals surface area contributed by atoms with Crippen LogP contribution >= 0.6 is 0 Å². The maximum absolute atomic E-state index is 12.8. The maximum atomic E-state index is 12.8. The van der Waals surface area contributed by atoms with Gasteiger partial charge in [0.2, 0.25) is 0 Å². The molecular formula is C18H11F3N4. The smallest absolute Gasteiger partial charge is 0.197 e. The van der Waals surface area contributed by atoms with Crippen LogP contribution in [0.4, 0.5) is 13.2 Å². The van der Waals surface area contributed by atoms with Crippen LogP contribution in [0.15, 0.2) is 48.7 Å². The fourth-order valence-electron chi connectivity index (χ4n) is 2.31. The Balaban J connectivity index is 1.96. The Morgan fingerprint density at radius 2 is 1.92 bits per heavy atom. The van der Waals surface area contributed by atoms with Gasteiger partial charge in [0, 0.05) is 5.56 Å². The quantitative estimate of drug-likeness (QED) is 0.712. The highest BCUT2D eigenvalue weighted by molar-refractivity contribution is 5.76. The molecule has 0 saturated heterocycles. The van der Waals surface area contributed by atoms with Crippen molar-refractivity contribution in [3.05, 3.63) is 70.9 Å². The van der Waals surface area contributed by atoms with E-state index >= 15 is 0 Å². The lowest BCUT2D eigenvalue weighted by molar-refractivity contribution is -0.137. The van der Waals surface area contributed by atoms with Gasteiger partial charge in [0.15, 0.2) is 0 Å². The Hall–Kier alpha value is -3.40. The summed E-state index contributed by atoms with van der Waals surface area (Å²) in [5, 5.41) is 19.4. The second kappa shape index (κ2) is 6.61. The van der Waals surface area contributed by atoms with Crippen LogP contribution in [-0.2, 0) is 6.18 Å². The Morgan fingerprint density at radius 3 is 2.60 bits per heavy atom. The van der Waals surface area contributed by atoms with Gasteiger partial charge >= 0.3 is 6.18 Å². The number of hydrogen-bond acceptors (Lipinski definition) is 3. The number of benzene rings is 2. The standard InChI is InChI=1S/C18H11F3N4/c19-18(20,21)16-3-1-2-12(8-16)4-5-13-9-14(6-7-15(13)10-22)17-11-23-25-24-17/h1-9,11H,(H,23,24,25)/b5-4+. The van der Waals surface area contributed by atoms with Crippen molar-refractivity contribution in [1.82, 2.24) is 15.4 Å². The molecule has 0 atom stereocenters. The molecule has 0 fully saturated rings. The first-order valence-corrected chi connectivity index (χ1v) is 7.23. The van der Waals surface area contributed by atoms with E-state index < -0.39 is 11.7 Å². The largest absolute Gasteiger partial charge is 0.416 e. The molecule has 1 heterocycles. The zero-order chi connectivity index (χ0) is 17.9. The van der Waals surface area contributed by atoms with Crippen molar-refractivity contribution in [3.63, 3.8) is 0 Å². The Bertz CT molecular complexity index is 951. The number of nitrogens with zero attached hydrogens (tertiary/aromatic N) is 3. The van der Waals surface area contributed by atoms with Gasteiger partial charge in [0.05, 0.1) is 23.4 Å². The summed E-state index contributed by atoms with van der Waals surface area (Å²) in [6.07, 6.45) is 0.297. The summed E-state index contributed by atoms with van der Waals surface area (Å²) >= 11 is 0. The molecule has 3 aromatic rings. The predicted octanol–water partition coefficient (Wildman–Crippen LogP) is 4.53. The van der Waals surface area contributed by atoms with E-state index in [9.17, 15) is 18.4 Å². The van der Waals surface area contributed by atoms with E-state index in [0.29, 0.717) is 22.4 Å². The molecule has 25 heavy (non-hydrogen) atoms. The number of alkyl halides is 3. The molecule has 0 aliphatic carbocycles. The van der Waals surface area contributed by atoms with Crippen LogP contribution in [0, 0.1) is 11.3 Å². The lowest BCUT2D eigenvalue weighted by Gasteiger charge is -2.07. The van der Waals surface area contributed by atoms with Gasteiger partial charge in [-0.3, -0.25) is 0 Å². The van der Waals surface area contributed by atoms with E-state index in [0.717, 1.165) is 17.7 Å². The highest BCUT2D eigenvalue weighted by Crippen LogP contribution is 2.30. The molecule has 0 radical (unpaired) electrons. The van der Waals surface area contributed by atoms with Crippen LogP contribution in [-0.4, -0.2) is 15.4 Å². The van der Waals surface area contributed by atoms with Crippen LogP contribution in [0.2, 0.25) is 0 Å². The molecule has 1 N–H and O–H groups in total. The van der Waals surface area contributed by atoms with Crippen LogP contribution < -0.4 is 0 Å². The fraction of sp³-hybridized carbons (Fsp3) is 0.0556. The third-order valence-corrected chi connectivity index (χ3v) is 3.55. The number of aromatic nitrogens is 3. The molecule has 3 rings (SSSR count). The number of H-pyrrole nitrogens is 1. The predicted molar refractivity (Wildman–Crippen MR) is 86.9 cm³/mol. The molecule has 7 heteroatoms. The maximum Gasteiger partial charge on any atom is 0.416 e. The molecule has 4 nitrogen and oxygen atoms in total. The summed E-state index contributed by atoms with van der Waals surface area (Å²) in [6.45, 7) is 0. The van der Waals surface area contributed by atoms with Gasteiger partial charge in [-0.2, -0.15) is 33.8 Å². The van der Waals surface area contributed by atoms with E-state index in [2.05, 4.69) is 21.5 Å². The van der Waals surface area contributed by atoms with Gasteiger partial charge in [-0.1, -0.05) is 30.4 Å². The summed E-state index contributed by atoms with van der Waals surface area (Å²) in [5.74, 6) is 0. The zero-order valence-electron chi connectivity index (χ0n) is 12.7. The van der Waals surface area contributed by atoms with E-state index in [1.54, 1.807) is 36.5 Å². The molecule has 0 spiro atoms. The molecule has 2 aromatic carbocycles. The van der Waals surface area contributed by atoms with Gasteiger partial charge < -0.3 is 0 Å². The summed E-state index contributed by atoms with van der Waals surface area (Å²) < 4.78 is 38.3. The van der Waals surface area contributed by atoms with E-state index in [1.165, 1.54) is 12.1 Å². The Labute approximate surface area is 141 Å². The fourth-order valence-corrected chi connectivity index (χ4v) is 2.31. The third kappa shape index (κ3) is 3.75. The van der Waals surface area contributed by atoms with Crippen molar-refractivity contribution in [2.45, 2.75) is 6.18 Å². The number of nitriles is 1. The highest BCUT2D eigenvalue weighted by atomic mass is 19.4. The minimum Gasteiger partial charge on any atom is -0.197 e. The monoisotopic (exact) mass is 340 g/mol. The number of nitrogens with one attached hydrogen (secondary N) is 1. The Kier molecular flexibility index (Phi) is 4.35. The van der Waals surface area contributed by atoms with Crippen molar-refractivity contribution in [2.75, 3.05) is 0 Å². The van der Waals surface area contributed by atoms with E-state index in [-0.39, 0.29) is 0 Å². The molecule has 1 aromatic heterocycles. The lowest BCUT2D eigenvalue weighted by atomic mass is 10.0. The number of aromatic amines is 1. The van der Waals surface area contributed by atoms with Gasteiger partial charge in [-0.25, -0.2) is 0 Å². The van der Waals surface area contributed by atoms with Gasteiger partial charge in [0.1, 0.15) is 5.69 Å². The van der Waals surface area contributed by atoms with Crippen LogP contribution in [0.25, 0.3) is 23.4 Å². The van der Waals surface area contributed by atoms with Crippen molar-refractivity contribution in [1.29, 1.82) is 5.26 Å². The molecule has 124 valence electrons. The van der Waals surface area contributed by atoms with Gasteiger partial charge in [-0.05, 0) is 35.4 Å². The molecule has 0 bridgehead atoms. The normalized spacial score (nSPS) is 11.6. The number of rotatable bonds is 3. The summed E-state index contributed by atoms with van der Waals surface area (Å²) in [5.41, 5.74) is 2.03. The van der Waals surface area contributed by atoms with E-state index in [1.807, 2.05) is 0 Å². The molecule has 0 unspecified atom stereocenters. The minimum atomic E-state index is -4.39. The second-order valence-corrected chi connectivity index (χ2v) is 5.23. The highest BCUT2D eigenvalue weighted by Gasteiger charge is 2.30. The third-order valence-electron chi connectivity index (χ3n) is 3.55. The van der Waals surface area contributed by atoms with Crippen molar-refractivity contribution >= 4 is 12.2 Å². The molecule has 0 aliphatic rings. The molecular weight excluding hydrogens is 329 g/mol. The SMILES string of the molecule is N#Cc1ccc(-c2cn[nH]n2)cc1/C=C/c1cccc(C(F)(F)F)c1. The first-order chi connectivity index (χ1) is 12.0. The molecule has 0 saturated carbocycles. The number of hydrogen-bond donors (Lipinski definition) is 1. The lowest BCUT2D eigenvalue weighted by Crippen LogP contribution is -2.04.